The molecule has 1 aliphatic rings. The van der Waals surface area contributed by atoms with Crippen molar-refractivity contribution < 1.29 is 19.4 Å². The zero-order valence-corrected chi connectivity index (χ0v) is 6.61. The largest absolute Gasteiger partial charge is 0.465 e. The zero-order chi connectivity index (χ0) is 9.14. The molecule has 0 radical (unpaired) electrons. The van der Waals surface area contributed by atoms with Crippen LogP contribution in [0.5, 0.6) is 0 Å². The maximum Gasteiger partial charge on any atom is 0.412 e. The van der Waals surface area contributed by atoms with E-state index in [0.29, 0.717) is 13.0 Å². The van der Waals surface area contributed by atoms with Crippen LogP contribution in [0.1, 0.15) is 6.42 Å². The smallest absolute Gasteiger partial charge is 0.412 e. The highest BCUT2D eigenvalue weighted by Gasteiger charge is 2.26. The van der Waals surface area contributed by atoms with Gasteiger partial charge in [0.1, 0.15) is 5.70 Å². The van der Waals surface area contributed by atoms with Crippen LogP contribution in [0.3, 0.4) is 0 Å². The van der Waals surface area contributed by atoms with Crippen LogP contribution in [0.25, 0.3) is 0 Å². The Morgan fingerprint density at radius 1 is 1.67 bits per heavy atom. The number of carbonyl (C=O) groups excluding carboxylic acids is 1. The first-order valence-electron chi connectivity index (χ1n) is 3.45. The summed E-state index contributed by atoms with van der Waals surface area (Å²) >= 11 is 0. The third kappa shape index (κ3) is 1.39. The molecule has 1 aliphatic heterocycles. The van der Waals surface area contributed by atoms with Crippen molar-refractivity contribution in [1.29, 1.82) is 0 Å². The number of nitrogens with zero attached hydrogens (tertiary/aromatic N) is 1. The molecule has 5 heteroatoms. The van der Waals surface area contributed by atoms with Gasteiger partial charge in [0, 0.05) is 6.54 Å². The normalized spacial score (nSPS) is 15.8. The number of ether oxygens (including phenoxy) is 1. The summed E-state index contributed by atoms with van der Waals surface area (Å²) in [6.45, 7) is 0.333. The molecule has 0 aromatic rings. The maximum absolute atomic E-state index is 10.9. The Morgan fingerprint density at radius 2 is 2.33 bits per heavy atom. The Hall–Kier alpha value is -1.52. The van der Waals surface area contributed by atoms with E-state index in [1.807, 2.05) is 0 Å². The molecule has 0 aromatic carbocycles. The second kappa shape index (κ2) is 3.25. The van der Waals surface area contributed by atoms with E-state index < -0.39 is 12.1 Å². The highest BCUT2D eigenvalue weighted by atomic mass is 16.5. The first-order valence-corrected chi connectivity index (χ1v) is 3.45. The molecule has 0 fully saturated rings. The lowest BCUT2D eigenvalue weighted by molar-refractivity contribution is -0.137. The summed E-state index contributed by atoms with van der Waals surface area (Å²) in [5.74, 6) is -0.602. The van der Waals surface area contributed by atoms with Gasteiger partial charge in [0.2, 0.25) is 0 Å². The van der Waals surface area contributed by atoms with Gasteiger partial charge in [-0.05, 0) is 6.42 Å². The van der Waals surface area contributed by atoms with Gasteiger partial charge in [0.15, 0.2) is 0 Å². The van der Waals surface area contributed by atoms with Gasteiger partial charge in [-0.1, -0.05) is 6.08 Å². The molecule has 0 saturated heterocycles. The molecule has 0 unspecified atom stereocenters. The standard InChI is InChI=1S/C7H9NO4/c1-12-6(9)5-3-2-4-8(5)7(10)11/h3H,2,4H2,1H3,(H,10,11). The summed E-state index contributed by atoms with van der Waals surface area (Å²) in [4.78, 5) is 22.4. The van der Waals surface area contributed by atoms with Crippen LogP contribution in [0.15, 0.2) is 11.8 Å². The lowest BCUT2D eigenvalue weighted by Gasteiger charge is -2.13. The van der Waals surface area contributed by atoms with E-state index in [1.165, 1.54) is 7.11 Å². The SMILES string of the molecule is COC(=O)C1=CCCN1C(=O)O. The van der Waals surface area contributed by atoms with E-state index >= 15 is 0 Å². The first kappa shape index (κ1) is 8.58. The van der Waals surface area contributed by atoms with E-state index in [0.717, 1.165) is 4.90 Å². The van der Waals surface area contributed by atoms with E-state index in [-0.39, 0.29) is 5.70 Å². The molecule has 0 atom stereocenters. The molecule has 1 N–H and O–H groups in total. The van der Waals surface area contributed by atoms with Crippen molar-refractivity contribution >= 4 is 12.1 Å². The highest BCUT2D eigenvalue weighted by Crippen LogP contribution is 2.15. The summed E-state index contributed by atoms with van der Waals surface area (Å²) in [5.41, 5.74) is 0.116. The Morgan fingerprint density at radius 3 is 2.83 bits per heavy atom. The van der Waals surface area contributed by atoms with Gasteiger partial charge in [-0.25, -0.2) is 9.59 Å². The molecule has 66 valence electrons. The maximum atomic E-state index is 10.9. The Balaban J connectivity index is 2.76. The van der Waals surface area contributed by atoms with Gasteiger partial charge >= 0.3 is 12.1 Å². The quantitative estimate of drug-likeness (QED) is 0.581. The van der Waals surface area contributed by atoms with Crippen LogP contribution in [-0.2, 0) is 9.53 Å². The van der Waals surface area contributed by atoms with Gasteiger partial charge in [-0.3, -0.25) is 4.90 Å². The van der Waals surface area contributed by atoms with Crippen molar-refractivity contribution in [2.45, 2.75) is 6.42 Å². The average molecular weight is 171 g/mol. The number of carboxylic acid groups (broad SMARTS) is 1. The van der Waals surface area contributed by atoms with Crippen LogP contribution in [0.2, 0.25) is 0 Å². The first-order chi connectivity index (χ1) is 5.66. The molecule has 1 amide bonds. The number of esters is 1. The Kier molecular flexibility index (Phi) is 2.32. The van der Waals surface area contributed by atoms with E-state index in [9.17, 15) is 9.59 Å². The van der Waals surface area contributed by atoms with Crippen LogP contribution in [-0.4, -0.2) is 35.7 Å². The Bertz CT molecular complexity index is 246. The molecule has 0 spiro atoms. The van der Waals surface area contributed by atoms with E-state index in [1.54, 1.807) is 6.08 Å². The van der Waals surface area contributed by atoms with Gasteiger partial charge in [0.25, 0.3) is 0 Å². The minimum atomic E-state index is -1.12. The number of rotatable bonds is 1. The summed E-state index contributed by atoms with van der Waals surface area (Å²) in [6, 6.07) is 0. The molecule has 0 saturated carbocycles. The van der Waals surface area contributed by atoms with Crippen LogP contribution < -0.4 is 0 Å². The molecular weight excluding hydrogens is 162 g/mol. The predicted octanol–water partition coefficient (Wildman–Crippen LogP) is 0.427. The fourth-order valence-corrected chi connectivity index (χ4v) is 1.06. The number of carbonyl (C=O) groups is 2. The molecule has 1 rings (SSSR count). The minimum Gasteiger partial charge on any atom is -0.465 e. The fourth-order valence-electron chi connectivity index (χ4n) is 1.06. The van der Waals surface area contributed by atoms with Crippen molar-refractivity contribution in [1.82, 2.24) is 4.90 Å². The molecule has 0 aromatic heterocycles. The van der Waals surface area contributed by atoms with Crippen LogP contribution in [0.4, 0.5) is 4.79 Å². The number of amides is 1. The van der Waals surface area contributed by atoms with E-state index in [2.05, 4.69) is 4.74 Å². The van der Waals surface area contributed by atoms with Crippen LogP contribution >= 0.6 is 0 Å². The molecule has 0 aliphatic carbocycles. The number of methoxy groups -OCH3 is 1. The van der Waals surface area contributed by atoms with Crippen molar-refractivity contribution in [2.75, 3.05) is 13.7 Å². The average Bonchev–Trinajstić information content (AvgIpc) is 2.50. The minimum absolute atomic E-state index is 0.116. The third-order valence-electron chi connectivity index (χ3n) is 1.61. The van der Waals surface area contributed by atoms with Gasteiger partial charge < -0.3 is 9.84 Å². The van der Waals surface area contributed by atoms with Gasteiger partial charge in [0.05, 0.1) is 7.11 Å². The monoisotopic (exact) mass is 171 g/mol. The number of hydrogen-bond donors (Lipinski definition) is 1. The van der Waals surface area contributed by atoms with Gasteiger partial charge in [-0.15, -0.1) is 0 Å². The molecule has 12 heavy (non-hydrogen) atoms. The Labute approximate surface area is 69.2 Å². The zero-order valence-electron chi connectivity index (χ0n) is 6.61. The van der Waals surface area contributed by atoms with E-state index in [4.69, 9.17) is 5.11 Å². The predicted molar refractivity (Wildman–Crippen MR) is 39.4 cm³/mol. The lowest BCUT2D eigenvalue weighted by Crippen LogP contribution is -2.30. The van der Waals surface area contributed by atoms with Gasteiger partial charge in [-0.2, -0.15) is 0 Å². The van der Waals surface area contributed by atoms with Crippen molar-refractivity contribution in [3.05, 3.63) is 11.8 Å². The molecule has 1 heterocycles. The molecular formula is C7H9NO4. The molecule has 0 bridgehead atoms. The van der Waals surface area contributed by atoms with Crippen molar-refractivity contribution in [3.63, 3.8) is 0 Å². The molecule has 5 nitrogen and oxygen atoms in total. The topological polar surface area (TPSA) is 66.8 Å². The number of hydrogen-bond acceptors (Lipinski definition) is 3. The third-order valence-corrected chi connectivity index (χ3v) is 1.61. The summed E-state index contributed by atoms with van der Waals surface area (Å²) in [6.07, 6.45) is 1.00. The van der Waals surface area contributed by atoms with Crippen molar-refractivity contribution in [3.8, 4) is 0 Å². The lowest BCUT2D eigenvalue weighted by atomic mass is 10.4. The van der Waals surface area contributed by atoms with Crippen molar-refractivity contribution in [2.24, 2.45) is 0 Å². The van der Waals surface area contributed by atoms with Crippen LogP contribution in [0, 0.1) is 0 Å². The fraction of sp³-hybridized carbons (Fsp3) is 0.429. The summed E-state index contributed by atoms with van der Waals surface area (Å²) in [5, 5.41) is 8.61. The second-order valence-electron chi connectivity index (χ2n) is 2.30. The second-order valence-corrected chi connectivity index (χ2v) is 2.30. The summed E-state index contributed by atoms with van der Waals surface area (Å²) in [7, 11) is 1.22. The highest BCUT2D eigenvalue weighted by molar-refractivity contribution is 5.92. The summed E-state index contributed by atoms with van der Waals surface area (Å²) < 4.78 is 4.40.